The molecule has 1 aromatic carbocycles. The van der Waals surface area contributed by atoms with Gasteiger partial charge in [-0.3, -0.25) is 9.48 Å². The number of methoxy groups -OCH3 is 2. The first-order valence-corrected chi connectivity index (χ1v) is 6.51. The zero-order chi connectivity index (χ0) is 15.6. The number of amides is 1. The minimum atomic E-state index is -0.241. The Labute approximate surface area is 123 Å². The fraction of sp³-hybridized carbons (Fsp3) is 0.333. The smallest absolute Gasteiger partial charge is 0.257 e. The van der Waals surface area contributed by atoms with Gasteiger partial charge in [0.25, 0.3) is 5.91 Å². The van der Waals surface area contributed by atoms with Crippen molar-refractivity contribution in [2.24, 2.45) is 7.05 Å². The summed E-state index contributed by atoms with van der Waals surface area (Å²) in [5, 5.41) is 7.01. The second-order valence-electron chi connectivity index (χ2n) is 4.75. The highest BCUT2D eigenvalue weighted by molar-refractivity contribution is 6.04. The van der Waals surface area contributed by atoms with E-state index in [0.29, 0.717) is 22.9 Å². The number of aryl methyl sites for hydroxylation is 2. The zero-order valence-corrected chi connectivity index (χ0v) is 12.9. The Balaban J connectivity index is 2.33. The lowest BCUT2D eigenvalue weighted by molar-refractivity contribution is 0.102. The Hall–Kier alpha value is -2.50. The van der Waals surface area contributed by atoms with Gasteiger partial charge < -0.3 is 14.8 Å². The van der Waals surface area contributed by atoms with Gasteiger partial charge in [-0.2, -0.15) is 5.10 Å². The highest BCUT2D eigenvalue weighted by Gasteiger charge is 2.15. The minimum absolute atomic E-state index is 0.241. The van der Waals surface area contributed by atoms with Gasteiger partial charge in [0, 0.05) is 24.2 Å². The third-order valence-electron chi connectivity index (χ3n) is 3.26. The maximum absolute atomic E-state index is 12.4. The van der Waals surface area contributed by atoms with Crippen LogP contribution in [0.1, 0.15) is 21.6 Å². The number of carbonyl (C=O) groups is 1. The van der Waals surface area contributed by atoms with Crippen LogP contribution < -0.4 is 14.8 Å². The first kappa shape index (κ1) is 14.9. The lowest BCUT2D eigenvalue weighted by atomic mass is 10.1. The molecule has 21 heavy (non-hydrogen) atoms. The van der Waals surface area contributed by atoms with E-state index in [-0.39, 0.29) is 5.91 Å². The van der Waals surface area contributed by atoms with Crippen molar-refractivity contribution in [1.29, 1.82) is 0 Å². The number of hydrogen-bond donors (Lipinski definition) is 1. The van der Waals surface area contributed by atoms with E-state index in [2.05, 4.69) is 10.4 Å². The molecule has 0 saturated carbocycles. The van der Waals surface area contributed by atoms with E-state index in [4.69, 9.17) is 9.47 Å². The maximum atomic E-state index is 12.4. The summed E-state index contributed by atoms with van der Waals surface area (Å²) in [5.41, 5.74) is 2.16. The average molecular weight is 289 g/mol. The molecule has 1 N–H and O–H groups in total. The summed E-state index contributed by atoms with van der Waals surface area (Å²) in [7, 11) is 4.90. The number of nitrogens with one attached hydrogen (secondary N) is 1. The molecule has 0 unspecified atom stereocenters. The molecule has 0 radical (unpaired) electrons. The fourth-order valence-corrected chi connectivity index (χ4v) is 2.13. The van der Waals surface area contributed by atoms with E-state index in [1.165, 1.54) is 0 Å². The Morgan fingerprint density at radius 2 is 1.71 bits per heavy atom. The summed E-state index contributed by atoms with van der Waals surface area (Å²) in [4.78, 5) is 12.4. The van der Waals surface area contributed by atoms with Crippen LogP contribution in [0.5, 0.6) is 11.5 Å². The molecule has 0 saturated heterocycles. The number of carbonyl (C=O) groups excluding carboxylic acids is 1. The molecule has 0 spiro atoms. The average Bonchev–Trinajstić information content (AvgIpc) is 2.77. The summed E-state index contributed by atoms with van der Waals surface area (Å²) in [6.45, 7) is 3.75. The van der Waals surface area contributed by atoms with Crippen LogP contribution in [0, 0.1) is 13.8 Å². The first-order valence-electron chi connectivity index (χ1n) is 6.51. The molecule has 1 amide bonds. The molecule has 0 bridgehead atoms. The standard InChI is InChI=1S/C15H19N3O3/c1-9-6-14(18(3)17-9)16-15(19)11-7-12(20-4)10(2)13(8-11)21-5/h6-8H,1-5H3,(H,16,19). The molecule has 0 aliphatic heterocycles. The van der Waals surface area contributed by atoms with E-state index in [0.717, 1.165) is 11.3 Å². The molecule has 6 heteroatoms. The number of aromatic nitrogens is 2. The van der Waals surface area contributed by atoms with Crippen LogP contribution in [0.3, 0.4) is 0 Å². The highest BCUT2D eigenvalue weighted by Crippen LogP contribution is 2.29. The van der Waals surface area contributed by atoms with Gasteiger partial charge in [-0.05, 0) is 26.0 Å². The van der Waals surface area contributed by atoms with Gasteiger partial charge in [0.2, 0.25) is 0 Å². The van der Waals surface area contributed by atoms with Gasteiger partial charge in [0.05, 0.1) is 19.9 Å². The maximum Gasteiger partial charge on any atom is 0.257 e. The van der Waals surface area contributed by atoms with Crippen LogP contribution in [0.15, 0.2) is 18.2 Å². The lowest BCUT2D eigenvalue weighted by Crippen LogP contribution is -2.15. The van der Waals surface area contributed by atoms with E-state index in [9.17, 15) is 4.79 Å². The molecule has 1 heterocycles. The van der Waals surface area contributed by atoms with Gasteiger partial charge in [0.1, 0.15) is 17.3 Å². The molecule has 0 atom stereocenters. The molecule has 0 fully saturated rings. The summed E-state index contributed by atoms with van der Waals surface area (Å²) in [5.74, 6) is 1.62. The van der Waals surface area contributed by atoms with Crippen molar-refractivity contribution in [3.63, 3.8) is 0 Å². The summed E-state index contributed by atoms with van der Waals surface area (Å²) < 4.78 is 12.2. The normalized spacial score (nSPS) is 10.3. The molecule has 0 aliphatic carbocycles. The van der Waals surface area contributed by atoms with Crippen molar-refractivity contribution in [2.75, 3.05) is 19.5 Å². The molecule has 2 rings (SSSR count). The Bertz CT molecular complexity index is 652. The third-order valence-corrected chi connectivity index (χ3v) is 3.26. The lowest BCUT2D eigenvalue weighted by Gasteiger charge is -2.12. The summed E-state index contributed by atoms with van der Waals surface area (Å²) in [6.07, 6.45) is 0. The van der Waals surface area contributed by atoms with Gasteiger partial charge >= 0.3 is 0 Å². The fourth-order valence-electron chi connectivity index (χ4n) is 2.13. The van der Waals surface area contributed by atoms with E-state index >= 15 is 0 Å². The second-order valence-corrected chi connectivity index (χ2v) is 4.75. The predicted molar refractivity (Wildman–Crippen MR) is 80.2 cm³/mol. The summed E-state index contributed by atoms with van der Waals surface area (Å²) in [6, 6.07) is 5.19. The predicted octanol–water partition coefficient (Wildman–Crippen LogP) is 2.31. The topological polar surface area (TPSA) is 65.4 Å². The molecule has 0 aliphatic rings. The molecule has 112 valence electrons. The van der Waals surface area contributed by atoms with Crippen molar-refractivity contribution in [3.05, 3.63) is 35.0 Å². The molecular formula is C15H19N3O3. The number of rotatable bonds is 4. The van der Waals surface area contributed by atoms with Crippen molar-refractivity contribution in [3.8, 4) is 11.5 Å². The Kier molecular flexibility index (Phi) is 4.16. The minimum Gasteiger partial charge on any atom is -0.496 e. The van der Waals surface area contributed by atoms with Crippen LogP contribution in [0.4, 0.5) is 5.82 Å². The van der Waals surface area contributed by atoms with Gasteiger partial charge in [-0.15, -0.1) is 0 Å². The van der Waals surface area contributed by atoms with Gasteiger partial charge in [-0.1, -0.05) is 0 Å². The van der Waals surface area contributed by atoms with E-state index < -0.39 is 0 Å². The Morgan fingerprint density at radius 3 is 2.14 bits per heavy atom. The number of anilines is 1. The molecule has 1 aromatic heterocycles. The van der Waals surface area contributed by atoms with Gasteiger partial charge in [-0.25, -0.2) is 0 Å². The van der Waals surface area contributed by atoms with Crippen molar-refractivity contribution < 1.29 is 14.3 Å². The van der Waals surface area contributed by atoms with Crippen LogP contribution in [-0.4, -0.2) is 29.9 Å². The van der Waals surface area contributed by atoms with Crippen molar-refractivity contribution in [2.45, 2.75) is 13.8 Å². The van der Waals surface area contributed by atoms with E-state index in [1.54, 1.807) is 44.1 Å². The number of ether oxygens (including phenoxy) is 2. The SMILES string of the molecule is COc1cc(C(=O)Nc2cc(C)nn2C)cc(OC)c1C. The largest absolute Gasteiger partial charge is 0.496 e. The monoisotopic (exact) mass is 289 g/mol. The van der Waals surface area contributed by atoms with E-state index in [1.807, 2.05) is 13.8 Å². The van der Waals surface area contributed by atoms with Crippen LogP contribution in [0.25, 0.3) is 0 Å². The molecule has 6 nitrogen and oxygen atoms in total. The third kappa shape index (κ3) is 2.99. The van der Waals surface area contributed by atoms with Crippen LogP contribution in [0.2, 0.25) is 0 Å². The van der Waals surface area contributed by atoms with Crippen molar-refractivity contribution >= 4 is 11.7 Å². The summed E-state index contributed by atoms with van der Waals surface area (Å²) >= 11 is 0. The highest BCUT2D eigenvalue weighted by atomic mass is 16.5. The number of hydrogen-bond acceptors (Lipinski definition) is 4. The first-order chi connectivity index (χ1) is 9.96. The Morgan fingerprint density at radius 1 is 1.14 bits per heavy atom. The zero-order valence-electron chi connectivity index (χ0n) is 12.9. The number of nitrogens with zero attached hydrogens (tertiary/aromatic N) is 2. The molecular weight excluding hydrogens is 270 g/mol. The van der Waals surface area contributed by atoms with Gasteiger partial charge in [0.15, 0.2) is 0 Å². The van der Waals surface area contributed by atoms with Crippen LogP contribution >= 0.6 is 0 Å². The van der Waals surface area contributed by atoms with Crippen molar-refractivity contribution in [1.82, 2.24) is 9.78 Å². The number of benzene rings is 1. The second kappa shape index (κ2) is 5.87. The molecule has 2 aromatic rings. The quantitative estimate of drug-likeness (QED) is 0.938. The van der Waals surface area contributed by atoms with Crippen LogP contribution in [-0.2, 0) is 7.05 Å².